The van der Waals surface area contributed by atoms with Crippen LogP contribution in [0.15, 0.2) is 58.1 Å². The summed E-state index contributed by atoms with van der Waals surface area (Å²) in [7, 11) is 0. The molecule has 0 saturated heterocycles. The first-order valence-corrected chi connectivity index (χ1v) is 16.1. The molecule has 4 aromatic rings. The van der Waals surface area contributed by atoms with Gasteiger partial charge in [-0.15, -0.1) is 0 Å². The largest absolute Gasteiger partial charge is 0.506 e. The fourth-order valence-electron chi connectivity index (χ4n) is 4.73. The molecule has 0 radical (unpaired) electrons. The number of rotatable bonds is 11. The third-order valence-electron chi connectivity index (χ3n) is 6.82. The lowest BCUT2D eigenvalue weighted by Crippen LogP contribution is -2.27. The molecule has 2 heterocycles. The van der Waals surface area contributed by atoms with Crippen molar-refractivity contribution in [3.8, 4) is 34.0 Å². The van der Waals surface area contributed by atoms with Crippen LogP contribution >= 0.6 is 45.2 Å². The molecule has 2 aromatic heterocycles. The summed E-state index contributed by atoms with van der Waals surface area (Å²) in [6, 6.07) is 14.4. The maximum absolute atomic E-state index is 13.5. The molecule has 0 aliphatic heterocycles. The van der Waals surface area contributed by atoms with Gasteiger partial charge in [0, 0.05) is 31.4 Å². The van der Waals surface area contributed by atoms with E-state index in [9.17, 15) is 29.4 Å². The number of pyridine rings is 2. The number of hydrogen-bond donors (Lipinski definition) is 5. The predicted molar refractivity (Wildman–Crippen MR) is 182 cm³/mol. The van der Waals surface area contributed by atoms with Crippen molar-refractivity contribution in [3.05, 3.63) is 95.1 Å². The van der Waals surface area contributed by atoms with Crippen LogP contribution in [0.3, 0.4) is 0 Å². The summed E-state index contributed by atoms with van der Waals surface area (Å²) in [5.74, 6) is -3.95. The van der Waals surface area contributed by atoms with Crippen LogP contribution in [0, 0.1) is 3.57 Å². The second kappa shape index (κ2) is 14.2. The van der Waals surface area contributed by atoms with Crippen LogP contribution in [0.1, 0.15) is 52.1 Å². The number of ether oxygens (including phenoxy) is 1. The van der Waals surface area contributed by atoms with Crippen molar-refractivity contribution in [1.29, 1.82) is 0 Å². The Hall–Kier alpha value is -3.66. The van der Waals surface area contributed by atoms with Gasteiger partial charge in [-0.3, -0.25) is 9.59 Å². The second-order valence-corrected chi connectivity index (χ2v) is 11.8. The molecule has 0 unspecified atom stereocenters. The number of aromatic carboxylic acids is 1. The molecule has 43 heavy (non-hydrogen) atoms. The van der Waals surface area contributed by atoms with E-state index in [2.05, 4.69) is 60.5 Å². The van der Waals surface area contributed by atoms with E-state index < -0.39 is 45.7 Å². The third-order valence-corrected chi connectivity index (χ3v) is 8.31. The molecule has 0 aliphatic rings. The first-order valence-electron chi connectivity index (χ1n) is 13.5. The van der Waals surface area contributed by atoms with Crippen LogP contribution in [0.25, 0.3) is 22.5 Å². The Balaban J connectivity index is 1.79. The first-order chi connectivity index (χ1) is 20.6. The van der Waals surface area contributed by atoms with Crippen LogP contribution in [0.4, 0.5) is 5.69 Å². The van der Waals surface area contributed by atoms with Gasteiger partial charge < -0.3 is 30.2 Å². The van der Waals surface area contributed by atoms with Gasteiger partial charge in [0.05, 0.1) is 11.4 Å². The minimum atomic E-state index is -1.61. The van der Waals surface area contributed by atoms with Gasteiger partial charge >= 0.3 is 11.9 Å². The molecular formula is C31H29I2N3O7. The number of anilines is 1. The molecule has 2 aromatic carbocycles. The Kier molecular flexibility index (Phi) is 10.7. The average Bonchev–Trinajstić information content (AvgIpc) is 2.97. The summed E-state index contributed by atoms with van der Waals surface area (Å²) < 4.78 is 7.50. The number of halogens is 2. The minimum Gasteiger partial charge on any atom is -0.506 e. The molecule has 0 amide bonds. The first kappa shape index (κ1) is 32.3. The Morgan fingerprint density at radius 1 is 0.860 bits per heavy atom. The van der Waals surface area contributed by atoms with Crippen LogP contribution in [0.2, 0.25) is 0 Å². The van der Waals surface area contributed by atoms with Crippen LogP contribution < -0.4 is 21.2 Å². The highest BCUT2D eigenvalue weighted by Crippen LogP contribution is 2.34. The van der Waals surface area contributed by atoms with Crippen LogP contribution in [-0.4, -0.2) is 43.1 Å². The zero-order chi connectivity index (χ0) is 31.3. The van der Waals surface area contributed by atoms with Crippen molar-refractivity contribution >= 4 is 62.8 Å². The number of aromatic hydroxyl groups is 1. The monoisotopic (exact) mass is 809 g/mol. The Morgan fingerprint density at radius 3 is 1.93 bits per heavy atom. The topological polar surface area (TPSA) is 162 Å². The van der Waals surface area contributed by atoms with Crippen molar-refractivity contribution in [2.45, 2.75) is 33.1 Å². The van der Waals surface area contributed by atoms with E-state index in [4.69, 9.17) is 4.74 Å². The molecule has 224 valence electrons. The quantitative estimate of drug-likeness (QED) is 0.0535. The second-order valence-electron chi connectivity index (χ2n) is 9.50. The predicted octanol–water partition coefficient (Wildman–Crippen LogP) is 5.99. The fraction of sp³-hybridized carbons (Fsp3) is 0.226. The van der Waals surface area contributed by atoms with Crippen molar-refractivity contribution in [3.63, 3.8) is 0 Å². The van der Waals surface area contributed by atoms with E-state index in [-0.39, 0.29) is 24.1 Å². The zero-order valence-corrected chi connectivity index (χ0v) is 27.7. The minimum absolute atomic E-state index is 0.186. The highest BCUT2D eigenvalue weighted by atomic mass is 127. The smallest absolute Gasteiger partial charge is 0.353 e. The lowest BCUT2D eigenvalue weighted by atomic mass is 9.99. The van der Waals surface area contributed by atoms with Crippen molar-refractivity contribution in [2.75, 3.05) is 16.3 Å². The Bertz CT molecular complexity index is 1780. The van der Waals surface area contributed by atoms with E-state index in [1.807, 2.05) is 24.3 Å². The summed E-state index contributed by atoms with van der Waals surface area (Å²) in [4.78, 5) is 57.0. The normalized spacial score (nSPS) is 10.9. The number of aromatic nitrogens is 2. The number of nitrogens with one attached hydrogen (secondary N) is 3. The number of carbonyl (C=O) groups excluding carboxylic acids is 1. The fourth-order valence-corrected chi connectivity index (χ4v) is 5.47. The molecule has 12 heteroatoms. The van der Waals surface area contributed by atoms with Gasteiger partial charge in [-0.05, 0) is 77.2 Å². The zero-order valence-electron chi connectivity index (χ0n) is 23.3. The summed E-state index contributed by atoms with van der Waals surface area (Å²) in [6.45, 7) is 4.29. The lowest BCUT2D eigenvalue weighted by molar-refractivity contribution is 0.0677. The van der Waals surface area contributed by atoms with Gasteiger partial charge in [0.25, 0.3) is 11.1 Å². The molecule has 0 saturated carbocycles. The lowest BCUT2D eigenvalue weighted by Gasteiger charge is -2.17. The Morgan fingerprint density at radius 2 is 1.40 bits per heavy atom. The number of esters is 1. The summed E-state index contributed by atoms with van der Waals surface area (Å²) >= 11 is 4.44. The molecule has 0 fully saturated rings. The summed E-state index contributed by atoms with van der Waals surface area (Å²) in [5.41, 5.74) is -0.0742. The molecule has 0 spiro atoms. The number of alkyl halides is 1. The maximum Gasteiger partial charge on any atom is 0.353 e. The van der Waals surface area contributed by atoms with Gasteiger partial charge in [-0.25, -0.2) is 9.59 Å². The van der Waals surface area contributed by atoms with E-state index in [0.29, 0.717) is 22.4 Å². The van der Waals surface area contributed by atoms with Crippen molar-refractivity contribution in [2.24, 2.45) is 0 Å². The van der Waals surface area contributed by atoms with E-state index in [0.717, 1.165) is 26.7 Å². The molecule has 4 rings (SSSR count). The Labute approximate surface area is 274 Å². The number of carboxylic acid groups (broad SMARTS) is 1. The van der Waals surface area contributed by atoms with E-state index in [1.165, 1.54) is 0 Å². The summed E-state index contributed by atoms with van der Waals surface area (Å²) in [6.07, 6.45) is 1.46. The molecule has 0 atom stereocenters. The van der Waals surface area contributed by atoms with Gasteiger partial charge in [0.1, 0.15) is 5.75 Å². The number of carbonyl (C=O) groups is 2. The summed E-state index contributed by atoms with van der Waals surface area (Å²) in [5, 5.41) is 24.3. The van der Waals surface area contributed by atoms with Crippen molar-refractivity contribution < 1.29 is 24.5 Å². The number of carboxylic acids is 1. The standard InChI is InChI=1S/C31H29I2N3O7/c1-3-20-24(17-8-12-19(13-9-17)34-15-5-14-32)35-28(38)22(26(20)37)31(42)43-27-21(4-2)25(16-6-10-18(33)11-7-16)36-29(39)23(27)30(40)41/h6-13,34H,3-5,14-15H2,1-2H3,(H,36,39)(H,40,41)(H2,35,37,38). The number of hydrogen-bond acceptors (Lipinski definition) is 7. The van der Waals surface area contributed by atoms with Crippen LogP contribution in [-0.2, 0) is 12.8 Å². The average molecular weight is 809 g/mol. The number of H-pyrrole nitrogens is 2. The van der Waals surface area contributed by atoms with E-state index >= 15 is 0 Å². The van der Waals surface area contributed by atoms with Gasteiger partial charge in [0.15, 0.2) is 16.9 Å². The molecule has 10 nitrogen and oxygen atoms in total. The van der Waals surface area contributed by atoms with E-state index in [1.54, 1.807) is 38.1 Å². The number of aromatic amines is 2. The SMILES string of the molecule is CCc1c(-c2ccc(NCCCI)cc2)[nH]c(=O)c(C(=O)Oc2c(CC)c(-c3ccc(I)cc3)[nH]c(=O)c2C(=O)O)c1O. The van der Waals surface area contributed by atoms with Gasteiger partial charge in [-0.2, -0.15) is 0 Å². The van der Waals surface area contributed by atoms with Gasteiger partial charge in [-0.1, -0.05) is 60.7 Å². The maximum atomic E-state index is 13.5. The number of benzene rings is 2. The molecule has 0 bridgehead atoms. The third kappa shape index (κ3) is 6.95. The van der Waals surface area contributed by atoms with Crippen LogP contribution in [0.5, 0.6) is 11.5 Å². The molecule has 0 aliphatic carbocycles. The highest BCUT2D eigenvalue weighted by Gasteiger charge is 2.29. The molecule has 5 N–H and O–H groups in total. The van der Waals surface area contributed by atoms with Crippen molar-refractivity contribution in [1.82, 2.24) is 9.97 Å². The molecular weight excluding hydrogens is 780 g/mol. The highest BCUT2D eigenvalue weighted by molar-refractivity contribution is 14.1. The van der Waals surface area contributed by atoms with Gasteiger partial charge in [0.2, 0.25) is 0 Å².